The second-order valence-electron chi connectivity index (χ2n) is 8.66. The first-order chi connectivity index (χ1) is 17.5. The lowest BCUT2D eigenvalue weighted by molar-refractivity contribution is 0.0730. The van der Waals surface area contributed by atoms with Gasteiger partial charge in [0.05, 0.1) is 28.6 Å². The van der Waals surface area contributed by atoms with E-state index in [1.807, 2.05) is 42.6 Å². The van der Waals surface area contributed by atoms with Gasteiger partial charge in [0.1, 0.15) is 11.5 Å². The molecule has 2 heterocycles. The second kappa shape index (κ2) is 10.6. The highest BCUT2D eigenvalue weighted by molar-refractivity contribution is 7.89. The summed E-state index contributed by atoms with van der Waals surface area (Å²) in [5.74, 6) is 1.22. The van der Waals surface area contributed by atoms with Crippen molar-refractivity contribution in [1.29, 1.82) is 0 Å². The minimum Gasteiger partial charge on any atom is -0.457 e. The molecule has 1 fully saturated rings. The number of benzene rings is 3. The Morgan fingerprint density at radius 2 is 1.75 bits per heavy atom. The number of halogens is 1. The molecule has 0 spiro atoms. The van der Waals surface area contributed by atoms with Gasteiger partial charge in [0.25, 0.3) is 0 Å². The van der Waals surface area contributed by atoms with Crippen molar-refractivity contribution in [2.24, 2.45) is 0 Å². The average molecular weight is 523 g/mol. The Morgan fingerprint density at radius 3 is 2.50 bits per heavy atom. The summed E-state index contributed by atoms with van der Waals surface area (Å²) in [5, 5.41) is 1.62. The molecule has 8 heteroatoms. The van der Waals surface area contributed by atoms with Crippen LogP contribution in [0.1, 0.15) is 18.9 Å². The first-order valence-electron chi connectivity index (χ1n) is 12.0. The number of sulfonamides is 1. The predicted octanol–water partition coefficient (Wildman–Crippen LogP) is 6.32. The van der Waals surface area contributed by atoms with Crippen LogP contribution in [-0.4, -0.2) is 44.0 Å². The molecule has 0 N–H and O–H groups in total. The largest absolute Gasteiger partial charge is 0.457 e. The van der Waals surface area contributed by atoms with Gasteiger partial charge in [-0.2, -0.15) is 4.31 Å². The number of nitrogens with zero attached hydrogens (tertiary/aromatic N) is 2. The maximum atomic E-state index is 12.9. The highest BCUT2D eigenvalue weighted by Gasteiger charge is 2.26. The average Bonchev–Trinajstić information content (AvgIpc) is 2.90. The van der Waals surface area contributed by atoms with Crippen molar-refractivity contribution >= 4 is 32.5 Å². The van der Waals surface area contributed by atoms with Gasteiger partial charge in [0.15, 0.2) is 0 Å². The minimum atomic E-state index is -3.55. The number of ether oxygens (including phenoxy) is 2. The molecule has 0 saturated carbocycles. The first kappa shape index (κ1) is 24.7. The Morgan fingerprint density at radius 1 is 1.00 bits per heavy atom. The molecule has 0 amide bonds. The molecule has 1 aromatic heterocycles. The minimum absolute atomic E-state index is 0.245. The van der Waals surface area contributed by atoms with Gasteiger partial charge in [-0.15, -0.1) is 0 Å². The van der Waals surface area contributed by atoms with Gasteiger partial charge in [-0.1, -0.05) is 49.2 Å². The standard InChI is InChI=1S/C28H27ClN2O4S/c1-2-5-21-19-30-28-25(8-4-9-26(28)29)27(21)20-6-3-7-23(18-20)35-22-10-12-24(13-11-22)36(32,33)31-14-16-34-17-15-31/h3-4,6-13,18-19H,2,5,14-17H2,1H3. The highest BCUT2D eigenvalue weighted by atomic mass is 35.5. The molecule has 0 bridgehead atoms. The SMILES string of the molecule is CCCc1cnc2c(Cl)cccc2c1-c1cccc(Oc2ccc(S(=O)(=O)N3CCOCC3)cc2)c1. The second-order valence-corrected chi connectivity index (χ2v) is 11.0. The molecule has 3 aromatic carbocycles. The Labute approximate surface area is 216 Å². The van der Waals surface area contributed by atoms with Gasteiger partial charge in [-0.05, 0) is 65.6 Å². The summed E-state index contributed by atoms with van der Waals surface area (Å²) >= 11 is 6.44. The molecular formula is C28H27ClN2O4S. The van der Waals surface area contributed by atoms with E-state index >= 15 is 0 Å². The van der Waals surface area contributed by atoms with E-state index in [0.29, 0.717) is 42.8 Å². The quantitative estimate of drug-likeness (QED) is 0.284. The Kier molecular flexibility index (Phi) is 7.25. The van der Waals surface area contributed by atoms with Crippen LogP contribution < -0.4 is 4.74 Å². The van der Waals surface area contributed by atoms with Gasteiger partial charge in [0.2, 0.25) is 10.0 Å². The summed E-state index contributed by atoms with van der Waals surface area (Å²) in [4.78, 5) is 4.86. The van der Waals surface area contributed by atoms with Crippen molar-refractivity contribution in [3.63, 3.8) is 0 Å². The number of pyridine rings is 1. The fraction of sp³-hybridized carbons (Fsp3) is 0.250. The summed E-state index contributed by atoms with van der Waals surface area (Å²) in [6.45, 7) is 3.70. The van der Waals surface area contributed by atoms with E-state index < -0.39 is 10.0 Å². The van der Waals surface area contributed by atoms with Crippen LogP contribution in [0.3, 0.4) is 0 Å². The maximum Gasteiger partial charge on any atom is 0.243 e. The molecule has 6 nitrogen and oxygen atoms in total. The maximum absolute atomic E-state index is 12.9. The van der Waals surface area contributed by atoms with Crippen molar-refractivity contribution in [1.82, 2.24) is 9.29 Å². The topological polar surface area (TPSA) is 68.7 Å². The van der Waals surface area contributed by atoms with Crippen LogP contribution in [0.15, 0.2) is 77.8 Å². The molecule has 0 aliphatic carbocycles. The van der Waals surface area contributed by atoms with Crippen LogP contribution in [0.2, 0.25) is 5.02 Å². The van der Waals surface area contributed by atoms with Gasteiger partial charge >= 0.3 is 0 Å². The zero-order chi connectivity index (χ0) is 25.1. The van der Waals surface area contributed by atoms with Crippen LogP contribution in [0.4, 0.5) is 0 Å². The number of para-hydroxylation sites is 1. The first-order valence-corrected chi connectivity index (χ1v) is 13.8. The highest BCUT2D eigenvalue weighted by Crippen LogP contribution is 2.36. The van der Waals surface area contributed by atoms with E-state index in [-0.39, 0.29) is 4.90 Å². The van der Waals surface area contributed by atoms with E-state index in [1.54, 1.807) is 24.3 Å². The lowest BCUT2D eigenvalue weighted by Gasteiger charge is -2.26. The number of morpholine rings is 1. The molecule has 0 radical (unpaired) electrons. The predicted molar refractivity (Wildman–Crippen MR) is 142 cm³/mol. The van der Waals surface area contributed by atoms with Crippen molar-refractivity contribution in [3.05, 3.63) is 83.5 Å². The third kappa shape index (κ3) is 4.97. The lowest BCUT2D eigenvalue weighted by Crippen LogP contribution is -2.40. The van der Waals surface area contributed by atoms with Crippen LogP contribution >= 0.6 is 11.6 Å². The summed E-state index contributed by atoms with van der Waals surface area (Å²) in [6.07, 6.45) is 3.81. The zero-order valence-corrected chi connectivity index (χ0v) is 21.6. The third-order valence-corrected chi connectivity index (χ3v) is 8.45. The zero-order valence-electron chi connectivity index (χ0n) is 20.0. The number of aromatic nitrogens is 1. The van der Waals surface area contributed by atoms with Gasteiger partial charge in [0, 0.05) is 24.7 Å². The Balaban J connectivity index is 1.44. The fourth-order valence-corrected chi connectivity index (χ4v) is 6.13. The molecule has 1 aliphatic heterocycles. The molecule has 0 atom stereocenters. The van der Waals surface area contributed by atoms with Crippen LogP contribution in [0.5, 0.6) is 11.5 Å². The van der Waals surface area contributed by atoms with Gasteiger partial charge < -0.3 is 9.47 Å². The summed E-state index contributed by atoms with van der Waals surface area (Å²) < 4.78 is 38.6. The molecule has 4 aromatic rings. The number of aryl methyl sites for hydroxylation is 1. The number of fused-ring (bicyclic) bond motifs is 1. The van der Waals surface area contributed by atoms with Crippen molar-refractivity contribution in [2.75, 3.05) is 26.3 Å². The van der Waals surface area contributed by atoms with Crippen LogP contribution in [0.25, 0.3) is 22.0 Å². The monoisotopic (exact) mass is 522 g/mol. The Hall–Kier alpha value is -2.97. The molecule has 1 aliphatic rings. The number of hydrogen-bond donors (Lipinski definition) is 0. The summed E-state index contributed by atoms with van der Waals surface area (Å²) in [5.41, 5.74) is 4.04. The summed E-state index contributed by atoms with van der Waals surface area (Å²) in [7, 11) is -3.55. The van der Waals surface area contributed by atoms with E-state index in [4.69, 9.17) is 21.1 Å². The number of rotatable bonds is 7. The van der Waals surface area contributed by atoms with Gasteiger partial charge in [-0.25, -0.2) is 8.42 Å². The van der Waals surface area contributed by atoms with E-state index in [2.05, 4.69) is 18.0 Å². The Bertz CT molecular complexity index is 1480. The number of hydrogen-bond acceptors (Lipinski definition) is 5. The molecule has 5 rings (SSSR count). The van der Waals surface area contributed by atoms with Gasteiger partial charge in [-0.3, -0.25) is 4.98 Å². The third-order valence-electron chi connectivity index (χ3n) is 6.24. The van der Waals surface area contributed by atoms with Crippen LogP contribution in [0, 0.1) is 0 Å². The fourth-order valence-electron chi connectivity index (χ4n) is 4.49. The molecular weight excluding hydrogens is 496 g/mol. The van der Waals surface area contributed by atoms with E-state index in [9.17, 15) is 8.42 Å². The smallest absolute Gasteiger partial charge is 0.243 e. The normalized spacial score (nSPS) is 14.7. The van der Waals surface area contributed by atoms with Crippen LogP contribution in [-0.2, 0) is 21.2 Å². The van der Waals surface area contributed by atoms with Crippen molar-refractivity contribution in [2.45, 2.75) is 24.7 Å². The molecule has 186 valence electrons. The molecule has 36 heavy (non-hydrogen) atoms. The van der Waals surface area contributed by atoms with Crippen molar-refractivity contribution < 1.29 is 17.9 Å². The summed E-state index contributed by atoms with van der Waals surface area (Å²) in [6, 6.07) is 20.3. The molecule has 1 saturated heterocycles. The lowest BCUT2D eigenvalue weighted by atomic mass is 9.94. The van der Waals surface area contributed by atoms with Crippen molar-refractivity contribution in [3.8, 4) is 22.6 Å². The molecule has 0 unspecified atom stereocenters. The van der Waals surface area contributed by atoms with E-state index in [0.717, 1.165) is 40.4 Å². The van der Waals surface area contributed by atoms with E-state index in [1.165, 1.54) is 4.31 Å².